The Labute approximate surface area is 126 Å². The zero-order valence-electron chi connectivity index (χ0n) is 12.6. The van der Waals surface area contributed by atoms with Crippen molar-refractivity contribution >= 4 is 10.0 Å². The minimum atomic E-state index is -3.40. The molecule has 0 radical (unpaired) electrons. The van der Waals surface area contributed by atoms with E-state index in [4.69, 9.17) is 15.2 Å². The summed E-state index contributed by atoms with van der Waals surface area (Å²) < 4.78 is 36.2. The fraction of sp³-hybridized carbons (Fsp3) is 0.571. The first kappa shape index (κ1) is 18.1. The van der Waals surface area contributed by atoms with E-state index in [1.54, 1.807) is 26.4 Å². The second kappa shape index (κ2) is 9.11. The summed E-state index contributed by atoms with van der Waals surface area (Å²) in [6.45, 7) is 1.80. The summed E-state index contributed by atoms with van der Waals surface area (Å²) in [5.41, 5.74) is 7.25. The van der Waals surface area contributed by atoms with Crippen molar-refractivity contribution in [3.63, 3.8) is 0 Å². The average Bonchev–Trinajstić information content (AvgIpc) is 2.47. The smallest absolute Gasteiger partial charge is 0.218 e. The molecule has 0 fully saturated rings. The van der Waals surface area contributed by atoms with E-state index in [0.29, 0.717) is 32.8 Å². The zero-order valence-corrected chi connectivity index (χ0v) is 13.4. The summed E-state index contributed by atoms with van der Waals surface area (Å²) in [6.07, 6.45) is 0. The molecule has 0 aliphatic carbocycles. The highest BCUT2D eigenvalue weighted by atomic mass is 32.2. The second-order valence-corrected chi connectivity index (χ2v) is 6.63. The highest BCUT2D eigenvalue weighted by Gasteiger charge is 2.21. The lowest BCUT2D eigenvalue weighted by atomic mass is 10.1. The van der Waals surface area contributed by atoms with Crippen molar-refractivity contribution in [1.29, 1.82) is 0 Å². The molecule has 0 amide bonds. The number of nitrogens with two attached hydrogens (primary N) is 1. The fourth-order valence-electron chi connectivity index (χ4n) is 1.85. The Morgan fingerprint density at radius 1 is 1.00 bits per heavy atom. The minimum Gasteiger partial charge on any atom is -0.383 e. The standard InChI is InChI=1S/C14H24N2O4S/c1-19-9-7-16(8-10-20-2)21(17,18)12-14-5-3-13(11-15)4-6-14/h3-6H,7-12,15H2,1-2H3. The van der Waals surface area contributed by atoms with E-state index in [2.05, 4.69) is 0 Å². The maximum Gasteiger partial charge on any atom is 0.218 e. The Bertz CT molecular complexity index is 494. The molecule has 0 saturated carbocycles. The SMILES string of the molecule is COCCN(CCOC)S(=O)(=O)Cc1ccc(CN)cc1. The van der Waals surface area contributed by atoms with Crippen LogP contribution in [0.25, 0.3) is 0 Å². The van der Waals surface area contributed by atoms with Gasteiger partial charge in [0.2, 0.25) is 10.0 Å². The topological polar surface area (TPSA) is 81.9 Å². The van der Waals surface area contributed by atoms with Crippen molar-refractivity contribution in [2.45, 2.75) is 12.3 Å². The molecule has 0 aromatic heterocycles. The maximum absolute atomic E-state index is 12.5. The summed E-state index contributed by atoms with van der Waals surface area (Å²) in [7, 11) is -0.301. The first-order valence-electron chi connectivity index (χ1n) is 6.77. The van der Waals surface area contributed by atoms with Crippen LogP contribution >= 0.6 is 0 Å². The van der Waals surface area contributed by atoms with Gasteiger partial charge in [-0.05, 0) is 11.1 Å². The molecule has 0 saturated heterocycles. The highest BCUT2D eigenvalue weighted by molar-refractivity contribution is 7.88. The van der Waals surface area contributed by atoms with Gasteiger partial charge in [0.15, 0.2) is 0 Å². The lowest BCUT2D eigenvalue weighted by Crippen LogP contribution is -2.37. The van der Waals surface area contributed by atoms with E-state index in [-0.39, 0.29) is 5.75 Å². The number of nitrogens with zero attached hydrogens (tertiary/aromatic N) is 1. The first-order valence-corrected chi connectivity index (χ1v) is 8.38. The number of hydrogen-bond acceptors (Lipinski definition) is 5. The Kier molecular flexibility index (Phi) is 7.84. The predicted octanol–water partition coefficient (Wildman–Crippen LogP) is 0.570. The molecule has 0 unspecified atom stereocenters. The van der Waals surface area contributed by atoms with E-state index in [1.807, 2.05) is 12.1 Å². The second-order valence-electron chi connectivity index (χ2n) is 4.66. The Morgan fingerprint density at radius 3 is 1.90 bits per heavy atom. The number of methoxy groups -OCH3 is 2. The van der Waals surface area contributed by atoms with E-state index in [1.165, 1.54) is 4.31 Å². The van der Waals surface area contributed by atoms with E-state index in [0.717, 1.165) is 11.1 Å². The summed E-state index contributed by atoms with van der Waals surface area (Å²) in [5, 5.41) is 0. The molecule has 1 aromatic rings. The normalized spacial score (nSPS) is 12.0. The summed E-state index contributed by atoms with van der Waals surface area (Å²) in [6, 6.07) is 7.29. The van der Waals surface area contributed by atoms with Gasteiger partial charge in [-0.25, -0.2) is 8.42 Å². The Morgan fingerprint density at radius 2 is 1.48 bits per heavy atom. The molecule has 0 bridgehead atoms. The maximum atomic E-state index is 12.5. The van der Waals surface area contributed by atoms with E-state index in [9.17, 15) is 8.42 Å². The van der Waals surface area contributed by atoms with Gasteiger partial charge in [0, 0.05) is 33.9 Å². The van der Waals surface area contributed by atoms with Crippen molar-refractivity contribution < 1.29 is 17.9 Å². The van der Waals surface area contributed by atoms with E-state index >= 15 is 0 Å². The molecular weight excluding hydrogens is 292 g/mol. The molecule has 0 aliphatic rings. The predicted molar refractivity (Wildman–Crippen MR) is 82.3 cm³/mol. The molecule has 0 heterocycles. The average molecular weight is 316 g/mol. The van der Waals surface area contributed by atoms with Crippen LogP contribution in [0.5, 0.6) is 0 Å². The molecule has 0 atom stereocenters. The van der Waals surface area contributed by atoms with Gasteiger partial charge in [0.1, 0.15) is 0 Å². The summed E-state index contributed by atoms with van der Waals surface area (Å²) in [5.74, 6) is -0.0364. The van der Waals surface area contributed by atoms with Gasteiger partial charge in [-0.3, -0.25) is 0 Å². The van der Waals surface area contributed by atoms with Crippen LogP contribution in [-0.2, 0) is 31.8 Å². The Hall–Kier alpha value is -0.990. The van der Waals surface area contributed by atoms with Crippen molar-refractivity contribution in [2.75, 3.05) is 40.5 Å². The van der Waals surface area contributed by atoms with Crippen LogP contribution in [0.3, 0.4) is 0 Å². The number of rotatable bonds is 10. The van der Waals surface area contributed by atoms with Crippen LogP contribution in [-0.4, -0.2) is 53.2 Å². The third-order valence-electron chi connectivity index (χ3n) is 3.09. The van der Waals surface area contributed by atoms with Gasteiger partial charge >= 0.3 is 0 Å². The van der Waals surface area contributed by atoms with Gasteiger partial charge in [-0.15, -0.1) is 0 Å². The van der Waals surface area contributed by atoms with Crippen LogP contribution in [0.1, 0.15) is 11.1 Å². The fourth-order valence-corrected chi connectivity index (χ4v) is 3.35. The zero-order chi connectivity index (χ0) is 15.7. The van der Waals surface area contributed by atoms with Gasteiger partial charge < -0.3 is 15.2 Å². The number of benzene rings is 1. The molecule has 0 spiro atoms. The van der Waals surface area contributed by atoms with Crippen molar-refractivity contribution in [3.05, 3.63) is 35.4 Å². The lowest BCUT2D eigenvalue weighted by Gasteiger charge is -2.21. The number of hydrogen-bond donors (Lipinski definition) is 1. The molecule has 6 nitrogen and oxygen atoms in total. The van der Waals surface area contributed by atoms with Crippen LogP contribution in [0, 0.1) is 0 Å². The molecule has 1 rings (SSSR count). The van der Waals surface area contributed by atoms with E-state index < -0.39 is 10.0 Å². The third-order valence-corrected chi connectivity index (χ3v) is 4.94. The molecule has 0 aliphatic heterocycles. The largest absolute Gasteiger partial charge is 0.383 e. The van der Waals surface area contributed by atoms with Crippen LogP contribution in [0.2, 0.25) is 0 Å². The Balaban J connectivity index is 2.77. The van der Waals surface area contributed by atoms with Gasteiger partial charge in [0.25, 0.3) is 0 Å². The number of ether oxygens (including phenoxy) is 2. The van der Waals surface area contributed by atoms with Crippen molar-refractivity contribution in [1.82, 2.24) is 4.31 Å². The van der Waals surface area contributed by atoms with Gasteiger partial charge in [-0.2, -0.15) is 4.31 Å². The molecule has 21 heavy (non-hydrogen) atoms. The molecular formula is C14H24N2O4S. The number of sulfonamides is 1. The quantitative estimate of drug-likeness (QED) is 0.682. The molecule has 120 valence electrons. The summed E-state index contributed by atoms with van der Waals surface area (Å²) >= 11 is 0. The highest BCUT2D eigenvalue weighted by Crippen LogP contribution is 2.12. The van der Waals surface area contributed by atoms with Crippen LogP contribution < -0.4 is 5.73 Å². The minimum absolute atomic E-state index is 0.0364. The lowest BCUT2D eigenvalue weighted by molar-refractivity contribution is 0.150. The van der Waals surface area contributed by atoms with Crippen LogP contribution in [0.4, 0.5) is 0 Å². The van der Waals surface area contributed by atoms with Crippen molar-refractivity contribution in [2.24, 2.45) is 5.73 Å². The summed E-state index contributed by atoms with van der Waals surface area (Å²) in [4.78, 5) is 0. The van der Waals surface area contributed by atoms with Crippen LogP contribution in [0.15, 0.2) is 24.3 Å². The molecule has 2 N–H and O–H groups in total. The molecule has 1 aromatic carbocycles. The first-order chi connectivity index (χ1) is 10.0. The monoisotopic (exact) mass is 316 g/mol. The third kappa shape index (κ3) is 6.11. The van der Waals surface area contributed by atoms with Crippen molar-refractivity contribution in [3.8, 4) is 0 Å². The molecule has 7 heteroatoms. The van der Waals surface area contributed by atoms with Gasteiger partial charge in [0.05, 0.1) is 19.0 Å². The van der Waals surface area contributed by atoms with Gasteiger partial charge in [-0.1, -0.05) is 24.3 Å².